The molecule has 2 N–H and O–H groups in total. The van der Waals surface area contributed by atoms with Crippen LogP contribution >= 0.6 is 0 Å². The summed E-state index contributed by atoms with van der Waals surface area (Å²) in [5.74, 6) is 0.672. The highest BCUT2D eigenvalue weighted by molar-refractivity contribution is 5.94. The highest BCUT2D eigenvalue weighted by Gasteiger charge is 2.20. The van der Waals surface area contributed by atoms with Gasteiger partial charge in [0.05, 0.1) is 13.1 Å². The van der Waals surface area contributed by atoms with E-state index in [4.69, 9.17) is 0 Å². The predicted octanol–water partition coefficient (Wildman–Crippen LogP) is 2.87. The van der Waals surface area contributed by atoms with E-state index in [1.165, 1.54) is 12.8 Å². The summed E-state index contributed by atoms with van der Waals surface area (Å²) >= 11 is 0. The molecule has 25 heavy (non-hydrogen) atoms. The lowest BCUT2D eigenvalue weighted by Gasteiger charge is -2.27. The fourth-order valence-corrected chi connectivity index (χ4v) is 3.41. The maximum absolute atomic E-state index is 12.3. The first-order valence-corrected chi connectivity index (χ1v) is 9.19. The maximum atomic E-state index is 12.3. The second kappa shape index (κ2) is 8.99. The van der Waals surface area contributed by atoms with Gasteiger partial charge in [-0.15, -0.1) is 0 Å². The van der Waals surface area contributed by atoms with E-state index in [0.29, 0.717) is 6.04 Å². The van der Waals surface area contributed by atoms with Gasteiger partial charge in [0.25, 0.3) is 0 Å². The minimum absolute atomic E-state index is 0.00178. The third-order valence-corrected chi connectivity index (χ3v) is 4.95. The van der Waals surface area contributed by atoms with Gasteiger partial charge in [0.15, 0.2) is 0 Å². The Hall–Kier alpha value is -1.88. The number of nitrogens with zero attached hydrogens (tertiary/aromatic N) is 1. The maximum Gasteiger partial charge on any atom is 0.238 e. The van der Waals surface area contributed by atoms with Crippen LogP contribution in [0.2, 0.25) is 0 Å². The minimum Gasteiger partial charge on any atom is -0.352 e. The van der Waals surface area contributed by atoms with Crippen LogP contribution in [0.4, 0.5) is 5.69 Å². The average molecular weight is 345 g/mol. The van der Waals surface area contributed by atoms with Crippen molar-refractivity contribution < 1.29 is 9.59 Å². The fraction of sp³-hybridized carbons (Fsp3) is 0.600. The van der Waals surface area contributed by atoms with Gasteiger partial charge < -0.3 is 10.6 Å². The number of hydrogen-bond acceptors (Lipinski definition) is 3. The molecule has 1 saturated carbocycles. The molecular formula is C20H31N3O2. The fourth-order valence-electron chi connectivity index (χ4n) is 3.41. The van der Waals surface area contributed by atoms with Crippen molar-refractivity contribution in [3.8, 4) is 0 Å². The Balaban J connectivity index is 1.76. The molecule has 1 aliphatic carbocycles. The van der Waals surface area contributed by atoms with Gasteiger partial charge in [-0.25, -0.2) is 0 Å². The summed E-state index contributed by atoms with van der Waals surface area (Å²) in [7, 11) is 1.80. The second-order valence-corrected chi connectivity index (χ2v) is 7.51. The van der Waals surface area contributed by atoms with Crippen molar-refractivity contribution in [3.05, 3.63) is 29.3 Å². The first-order chi connectivity index (χ1) is 11.8. The number of rotatable bonds is 6. The van der Waals surface area contributed by atoms with E-state index in [2.05, 4.69) is 17.6 Å². The highest BCUT2D eigenvalue weighted by Crippen LogP contribution is 2.23. The van der Waals surface area contributed by atoms with E-state index < -0.39 is 0 Å². The van der Waals surface area contributed by atoms with Crippen molar-refractivity contribution in [1.82, 2.24) is 10.2 Å². The topological polar surface area (TPSA) is 61.4 Å². The lowest BCUT2D eigenvalue weighted by Crippen LogP contribution is -2.44. The van der Waals surface area contributed by atoms with Crippen LogP contribution in [0, 0.1) is 19.8 Å². The standard InChI is InChI=1S/C20H31N3O2/c1-14-8-10-17(11-9-14)21-18(24)12-23(4)13-19(25)22-20-15(2)6-5-7-16(20)3/h5-7,14,17H,8-13H2,1-4H3,(H,21,24)(H,22,25). The van der Waals surface area contributed by atoms with Crippen molar-refractivity contribution in [2.45, 2.75) is 52.5 Å². The van der Waals surface area contributed by atoms with Crippen molar-refractivity contribution >= 4 is 17.5 Å². The quantitative estimate of drug-likeness (QED) is 0.833. The monoisotopic (exact) mass is 345 g/mol. The number of nitrogens with one attached hydrogen (secondary N) is 2. The molecule has 1 aliphatic rings. The Morgan fingerprint density at radius 3 is 2.20 bits per heavy atom. The first kappa shape index (κ1) is 19.4. The summed E-state index contributed by atoms with van der Waals surface area (Å²) < 4.78 is 0. The van der Waals surface area contributed by atoms with Crippen LogP contribution in [0.3, 0.4) is 0 Å². The van der Waals surface area contributed by atoms with Crippen LogP contribution in [0.5, 0.6) is 0 Å². The largest absolute Gasteiger partial charge is 0.352 e. The number of carbonyl (C=O) groups is 2. The number of carbonyl (C=O) groups excluding carboxylic acids is 2. The first-order valence-electron chi connectivity index (χ1n) is 9.19. The number of hydrogen-bond donors (Lipinski definition) is 2. The minimum atomic E-state index is -0.0980. The summed E-state index contributed by atoms with van der Waals surface area (Å²) in [5, 5.41) is 6.06. The van der Waals surface area contributed by atoms with Gasteiger partial charge >= 0.3 is 0 Å². The molecule has 5 nitrogen and oxygen atoms in total. The molecule has 1 fully saturated rings. The van der Waals surface area contributed by atoms with Crippen LogP contribution in [0.15, 0.2) is 18.2 Å². The van der Waals surface area contributed by atoms with Crippen LogP contribution in [-0.2, 0) is 9.59 Å². The average Bonchev–Trinajstić information content (AvgIpc) is 2.53. The molecule has 1 aromatic carbocycles. The summed E-state index contributed by atoms with van der Waals surface area (Å²) in [4.78, 5) is 26.2. The summed E-state index contributed by atoms with van der Waals surface area (Å²) in [5.41, 5.74) is 2.95. The number of anilines is 1. The summed E-state index contributed by atoms with van der Waals surface area (Å²) in [6, 6.07) is 6.22. The number of likely N-dealkylation sites (N-methyl/N-ethyl adjacent to an activating group) is 1. The second-order valence-electron chi connectivity index (χ2n) is 7.51. The van der Waals surface area contributed by atoms with Crippen molar-refractivity contribution in [3.63, 3.8) is 0 Å². The SMILES string of the molecule is Cc1cccc(C)c1NC(=O)CN(C)CC(=O)NC1CCC(C)CC1. The molecule has 1 aromatic rings. The van der Waals surface area contributed by atoms with Crippen molar-refractivity contribution in [2.75, 3.05) is 25.5 Å². The predicted molar refractivity (Wildman–Crippen MR) is 102 cm³/mol. The molecule has 2 rings (SSSR count). The van der Waals surface area contributed by atoms with Gasteiger partial charge in [-0.05, 0) is 63.6 Å². The molecule has 0 unspecified atom stereocenters. The van der Waals surface area contributed by atoms with E-state index in [1.807, 2.05) is 32.0 Å². The number of para-hydroxylation sites is 1. The zero-order chi connectivity index (χ0) is 18.4. The van der Waals surface area contributed by atoms with Gasteiger partial charge in [-0.1, -0.05) is 25.1 Å². The van der Waals surface area contributed by atoms with E-state index in [9.17, 15) is 9.59 Å². The van der Waals surface area contributed by atoms with Gasteiger partial charge in [-0.2, -0.15) is 0 Å². The van der Waals surface area contributed by atoms with Crippen LogP contribution < -0.4 is 10.6 Å². The lowest BCUT2D eigenvalue weighted by molar-refractivity contribution is -0.123. The Bertz CT molecular complexity index is 587. The Kier molecular flexibility index (Phi) is 7.00. The highest BCUT2D eigenvalue weighted by atomic mass is 16.2. The molecule has 0 atom stereocenters. The molecule has 0 heterocycles. The lowest BCUT2D eigenvalue weighted by atomic mass is 9.87. The molecule has 0 spiro atoms. The molecule has 2 amide bonds. The normalized spacial score (nSPS) is 20.4. The summed E-state index contributed by atoms with van der Waals surface area (Å²) in [6.45, 7) is 6.66. The third-order valence-electron chi connectivity index (χ3n) is 4.95. The van der Waals surface area contributed by atoms with Crippen LogP contribution in [-0.4, -0.2) is 42.9 Å². The van der Waals surface area contributed by atoms with E-state index in [-0.39, 0.29) is 24.9 Å². The zero-order valence-corrected chi connectivity index (χ0v) is 15.9. The van der Waals surface area contributed by atoms with Crippen LogP contribution in [0.25, 0.3) is 0 Å². The van der Waals surface area contributed by atoms with Gasteiger partial charge in [0.1, 0.15) is 0 Å². The van der Waals surface area contributed by atoms with Gasteiger partial charge in [0.2, 0.25) is 11.8 Å². The Morgan fingerprint density at radius 1 is 1.04 bits per heavy atom. The van der Waals surface area contributed by atoms with E-state index in [0.717, 1.165) is 35.6 Å². The molecule has 0 aromatic heterocycles. The van der Waals surface area contributed by atoms with Gasteiger partial charge in [0, 0.05) is 11.7 Å². The molecular weight excluding hydrogens is 314 g/mol. The smallest absolute Gasteiger partial charge is 0.238 e. The zero-order valence-electron chi connectivity index (χ0n) is 15.9. The van der Waals surface area contributed by atoms with Crippen molar-refractivity contribution in [1.29, 1.82) is 0 Å². The number of aryl methyl sites for hydroxylation is 2. The van der Waals surface area contributed by atoms with Gasteiger partial charge in [-0.3, -0.25) is 14.5 Å². The van der Waals surface area contributed by atoms with Crippen LogP contribution in [0.1, 0.15) is 43.7 Å². The molecule has 138 valence electrons. The third kappa shape index (κ3) is 6.16. The van der Waals surface area contributed by atoms with Crippen molar-refractivity contribution in [2.24, 2.45) is 5.92 Å². The van der Waals surface area contributed by atoms with E-state index in [1.54, 1.807) is 11.9 Å². The van der Waals surface area contributed by atoms with E-state index >= 15 is 0 Å². The number of amides is 2. The Morgan fingerprint density at radius 2 is 1.60 bits per heavy atom. The molecule has 0 bridgehead atoms. The summed E-state index contributed by atoms with van der Waals surface area (Å²) in [6.07, 6.45) is 4.48. The Labute approximate surface area is 151 Å². The number of benzene rings is 1. The molecule has 0 aliphatic heterocycles. The molecule has 0 saturated heterocycles. The molecule has 0 radical (unpaired) electrons. The molecule has 5 heteroatoms.